The Hall–Kier alpha value is -1.36. The minimum absolute atomic E-state index is 0.0141. The summed E-state index contributed by atoms with van der Waals surface area (Å²) < 4.78 is 5.12. The van der Waals surface area contributed by atoms with Gasteiger partial charge in [-0.25, -0.2) is 4.79 Å². The van der Waals surface area contributed by atoms with Crippen LogP contribution in [0.2, 0.25) is 0 Å². The molecule has 1 heterocycles. The van der Waals surface area contributed by atoms with E-state index in [0.29, 0.717) is 23.6 Å². The number of aryl methyl sites for hydroxylation is 1. The quantitative estimate of drug-likeness (QED) is 0.318. The van der Waals surface area contributed by atoms with Crippen molar-refractivity contribution < 1.29 is 14.3 Å². The third kappa shape index (κ3) is 7.90. The van der Waals surface area contributed by atoms with E-state index >= 15 is 0 Å². The first-order valence-electron chi connectivity index (χ1n) is 10.1. The van der Waals surface area contributed by atoms with Crippen LogP contribution in [-0.4, -0.2) is 18.5 Å². The average Bonchev–Trinajstić information content (AvgIpc) is 2.87. The van der Waals surface area contributed by atoms with Gasteiger partial charge in [-0.15, -0.1) is 11.3 Å². The molecule has 1 aromatic rings. The molecule has 0 aliphatic carbocycles. The van der Waals surface area contributed by atoms with Crippen molar-refractivity contribution in [3.8, 4) is 0 Å². The minimum Gasteiger partial charge on any atom is -0.462 e. The Bertz CT molecular complexity index is 566. The van der Waals surface area contributed by atoms with Crippen LogP contribution >= 0.6 is 11.3 Å². The molecule has 0 atom stereocenters. The van der Waals surface area contributed by atoms with E-state index in [9.17, 15) is 9.59 Å². The molecule has 0 saturated carbocycles. The van der Waals surface area contributed by atoms with E-state index in [1.165, 1.54) is 56.3 Å². The zero-order valence-electron chi connectivity index (χ0n) is 16.9. The number of amides is 1. The van der Waals surface area contributed by atoms with Gasteiger partial charge < -0.3 is 10.1 Å². The predicted molar refractivity (Wildman–Crippen MR) is 110 cm³/mol. The fourth-order valence-corrected chi connectivity index (χ4v) is 4.01. The molecule has 1 N–H and O–H groups in total. The Labute approximate surface area is 162 Å². The van der Waals surface area contributed by atoms with E-state index < -0.39 is 0 Å². The van der Waals surface area contributed by atoms with Gasteiger partial charge in [-0.1, -0.05) is 58.3 Å². The highest BCUT2D eigenvalue weighted by Crippen LogP contribution is 2.33. The number of unbranched alkanes of at least 4 members (excludes halogenated alkanes) is 8. The molecule has 0 aromatic carbocycles. The highest BCUT2D eigenvalue weighted by atomic mass is 32.1. The van der Waals surface area contributed by atoms with Gasteiger partial charge in [-0.3, -0.25) is 4.79 Å². The molecule has 26 heavy (non-hydrogen) atoms. The lowest BCUT2D eigenvalue weighted by Gasteiger charge is -2.07. The number of hydrogen-bond acceptors (Lipinski definition) is 4. The summed E-state index contributed by atoms with van der Waals surface area (Å²) in [5.41, 5.74) is 1.40. The van der Waals surface area contributed by atoms with Crippen LogP contribution < -0.4 is 5.32 Å². The molecule has 0 radical (unpaired) electrons. The maximum Gasteiger partial charge on any atom is 0.341 e. The molecule has 1 rings (SSSR count). The van der Waals surface area contributed by atoms with E-state index in [4.69, 9.17) is 4.74 Å². The van der Waals surface area contributed by atoms with Gasteiger partial charge in [0, 0.05) is 11.3 Å². The molecule has 148 valence electrons. The third-order valence-corrected chi connectivity index (χ3v) is 5.75. The molecular weight excluding hydrogens is 346 g/mol. The molecule has 0 unspecified atom stereocenters. The molecule has 1 aromatic heterocycles. The van der Waals surface area contributed by atoms with Gasteiger partial charge >= 0.3 is 5.97 Å². The van der Waals surface area contributed by atoms with Crippen molar-refractivity contribution in [3.63, 3.8) is 0 Å². The fourth-order valence-electron chi connectivity index (χ4n) is 2.95. The second-order valence-corrected chi connectivity index (χ2v) is 8.06. The standard InChI is InChI=1S/C21H35NO3S/c1-5-7-8-9-10-11-12-13-14-15-18(23)22-20-19(21(24)25-6-2)16(3)17(4)26-20/h5-15H2,1-4H3,(H,22,23). The van der Waals surface area contributed by atoms with Crippen LogP contribution in [0.3, 0.4) is 0 Å². The first-order chi connectivity index (χ1) is 12.5. The number of carbonyl (C=O) groups excluding carboxylic acids is 2. The second kappa shape index (κ2) is 12.9. The molecular formula is C21H35NO3S. The van der Waals surface area contributed by atoms with Crippen LogP contribution in [0.25, 0.3) is 0 Å². The second-order valence-electron chi connectivity index (χ2n) is 6.83. The first-order valence-corrected chi connectivity index (χ1v) is 10.9. The number of esters is 1. The van der Waals surface area contributed by atoms with Crippen molar-refractivity contribution in [2.75, 3.05) is 11.9 Å². The SMILES string of the molecule is CCCCCCCCCCCC(=O)Nc1sc(C)c(C)c1C(=O)OCC. The lowest BCUT2D eigenvalue weighted by atomic mass is 10.1. The summed E-state index contributed by atoms with van der Waals surface area (Å²) in [5, 5.41) is 3.54. The largest absolute Gasteiger partial charge is 0.462 e. The maximum absolute atomic E-state index is 12.2. The molecule has 0 saturated heterocycles. The number of ether oxygens (including phenoxy) is 1. The Balaban J connectivity index is 2.33. The monoisotopic (exact) mass is 381 g/mol. The van der Waals surface area contributed by atoms with Crippen molar-refractivity contribution in [2.24, 2.45) is 0 Å². The van der Waals surface area contributed by atoms with Gasteiger partial charge in [0.25, 0.3) is 0 Å². The Morgan fingerprint density at radius 3 is 2.08 bits per heavy atom. The van der Waals surface area contributed by atoms with E-state index in [2.05, 4.69) is 12.2 Å². The van der Waals surface area contributed by atoms with Crippen LogP contribution in [0.4, 0.5) is 5.00 Å². The molecule has 0 aliphatic rings. The zero-order valence-corrected chi connectivity index (χ0v) is 17.7. The minimum atomic E-state index is -0.354. The van der Waals surface area contributed by atoms with Crippen molar-refractivity contribution in [1.82, 2.24) is 0 Å². The lowest BCUT2D eigenvalue weighted by Crippen LogP contribution is -2.14. The summed E-state index contributed by atoms with van der Waals surface area (Å²) in [4.78, 5) is 25.4. The number of carbonyl (C=O) groups is 2. The highest BCUT2D eigenvalue weighted by Gasteiger charge is 2.21. The molecule has 0 spiro atoms. The average molecular weight is 382 g/mol. The molecule has 0 fully saturated rings. The smallest absolute Gasteiger partial charge is 0.341 e. The van der Waals surface area contributed by atoms with Gasteiger partial charge in [0.1, 0.15) is 5.00 Å². The van der Waals surface area contributed by atoms with Crippen molar-refractivity contribution in [2.45, 2.75) is 91.9 Å². The number of nitrogens with one attached hydrogen (secondary N) is 1. The fraction of sp³-hybridized carbons (Fsp3) is 0.714. The van der Waals surface area contributed by atoms with Gasteiger partial charge in [0.05, 0.1) is 12.2 Å². The van der Waals surface area contributed by atoms with E-state index in [0.717, 1.165) is 23.3 Å². The van der Waals surface area contributed by atoms with Gasteiger partial charge in [0.2, 0.25) is 5.91 Å². The zero-order chi connectivity index (χ0) is 19.4. The van der Waals surface area contributed by atoms with Gasteiger partial charge in [-0.05, 0) is 32.8 Å². The Kier molecular flexibility index (Phi) is 11.3. The van der Waals surface area contributed by atoms with Crippen molar-refractivity contribution >= 4 is 28.2 Å². The van der Waals surface area contributed by atoms with Crippen LogP contribution in [-0.2, 0) is 9.53 Å². The highest BCUT2D eigenvalue weighted by molar-refractivity contribution is 7.16. The maximum atomic E-state index is 12.2. The molecule has 0 aliphatic heterocycles. The topological polar surface area (TPSA) is 55.4 Å². The summed E-state index contributed by atoms with van der Waals surface area (Å²) in [7, 11) is 0. The normalized spacial score (nSPS) is 10.8. The van der Waals surface area contributed by atoms with E-state index in [1.54, 1.807) is 6.92 Å². The van der Waals surface area contributed by atoms with Crippen LogP contribution in [0.1, 0.15) is 98.9 Å². The van der Waals surface area contributed by atoms with Crippen LogP contribution in [0.15, 0.2) is 0 Å². The summed E-state index contributed by atoms with van der Waals surface area (Å²) in [6.45, 7) is 8.21. The van der Waals surface area contributed by atoms with Gasteiger partial charge in [0.15, 0.2) is 0 Å². The van der Waals surface area contributed by atoms with Crippen molar-refractivity contribution in [1.29, 1.82) is 0 Å². The summed E-state index contributed by atoms with van der Waals surface area (Å²) >= 11 is 1.45. The number of hydrogen-bond donors (Lipinski definition) is 1. The lowest BCUT2D eigenvalue weighted by molar-refractivity contribution is -0.116. The Morgan fingerprint density at radius 1 is 0.923 bits per heavy atom. The van der Waals surface area contributed by atoms with Crippen molar-refractivity contribution in [3.05, 3.63) is 16.0 Å². The summed E-state index contributed by atoms with van der Waals surface area (Å²) in [6.07, 6.45) is 11.6. The molecule has 1 amide bonds. The summed E-state index contributed by atoms with van der Waals surface area (Å²) in [6, 6.07) is 0. The number of thiophene rings is 1. The molecule has 5 heteroatoms. The summed E-state index contributed by atoms with van der Waals surface area (Å²) in [5.74, 6) is -0.368. The van der Waals surface area contributed by atoms with Crippen LogP contribution in [0.5, 0.6) is 0 Å². The first kappa shape index (κ1) is 22.7. The number of rotatable bonds is 13. The Morgan fingerprint density at radius 2 is 1.50 bits per heavy atom. The van der Waals surface area contributed by atoms with E-state index in [1.807, 2.05) is 13.8 Å². The third-order valence-electron chi connectivity index (χ3n) is 4.63. The predicted octanol–water partition coefficient (Wildman–Crippen LogP) is 6.40. The molecule has 4 nitrogen and oxygen atoms in total. The van der Waals surface area contributed by atoms with Gasteiger partial charge in [-0.2, -0.15) is 0 Å². The number of anilines is 1. The van der Waals surface area contributed by atoms with E-state index in [-0.39, 0.29) is 11.9 Å². The molecule has 0 bridgehead atoms. The van der Waals surface area contributed by atoms with Crippen LogP contribution in [0, 0.1) is 13.8 Å².